The summed E-state index contributed by atoms with van der Waals surface area (Å²) in [4.78, 5) is 12.1. The van der Waals surface area contributed by atoms with Crippen LogP contribution in [0.15, 0.2) is 29.4 Å². The second-order valence-electron chi connectivity index (χ2n) is 6.12. The van der Waals surface area contributed by atoms with Gasteiger partial charge in [0.1, 0.15) is 5.82 Å². The summed E-state index contributed by atoms with van der Waals surface area (Å²) in [6.45, 7) is 2.21. The van der Waals surface area contributed by atoms with Gasteiger partial charge in [-0.1, -0.05) is 31.9 Å². The number of carbonyl (C=O) groups excluding carboxylic acids is 1. The molecule has 3 nitrogen and oxygen atoms in total. The normalized spacial score (nSPS) is 31.9. The van der Waals surface area contributed by atoms with Crippen LogP contribution in [0.5, 0.6) is 0 Å². The van der Waals surface area contributed by atoms with Gasteiger partial charge in [0.15, 0.2) is 0 Å². The number of amides is 1. The Labute approximate surface area is 118 Å². The van der Waals surface area contributed by atoms with Crippen molar-refractivity contribution in [1.29, 1.82) is 0 Å². The van der Waals surface area contributed by atoms with E-state index in [1.807, 2.05) is 0 Å². The van der Waals surface area contributed by atoms with Gasteiger partial charge in [-0.15, -0.1) is 0 Å². The lowest BCUT2D eigenvalue weighted by Gasteiger charge is -2.15. The molecule has 20 heavy (non-hydrogen) atoms. The summed E-state index contributed by atoms with van der Waals surface area (Å²) in [6.07, 6.45) is 6.33. The standard InChI is InChI=1S/C16H19FN2O/c1-16-9-3-2-4-13(16)14(16)15(20)19-18-10-11-5-7-12(17)8-6-11/h5-8,10,13-14H,2-4,9H2,1H3,(H,19,20)/b18-10+/t13-,14-,16+/m1/s1. The van der Waals surface area contributed by atoms with Gasteiger partial charge < -0.3 is 0 Å². The number of benzene rings is 1. The molecule has 2 saturated carbocycles. The minimum absolute atomic E-state index is 0.0257. The summed E-state index contributed by atoms with van der Waals surface area (Å²) in [6, 6.07) is 6.01. The van der Waals surface area contributed by atoms with Gasteiger partial charge in [-0.3, -0.25) is 4.79 Å². The number of halogens is 1. The zero-order valence-corrected chi connectivity index (χ0v) is 11.6. The summed E-state index contributed by atoms with van der Waals surface area (Å²) in [5.41, 5.74) is 3.60. The van der Waals surface area contributed by atoms with Crippen LogP contribution < -0.4 is 5.43 Å². The molecule has 0 aromatic heterocycles. The van der Waals surface area contributed by atoms with Gasteiger partial charge >= 0.3 is 0 Å². The van der Waals surface area contributed by atoms with Gasteiger partial charge in [-0.2, -0.15) is 5.10 Å². The van der Waals surface area contributed by atoms with Gasteiger partial charge in [0, 0.05) is 5.92 Å². The third kappa shape index (κ3) is 2.35. The maximum atomic E-state index is 12.7. The van der Waals surface area contributed by atoms with Crippen LogP contribution in [0.4, 0.5) is 4.39 Å². The molecule has 2 aliphatic rings. The van der Waals surface area contributed by atoms with E-state index in [-0.39, 0.29) is 23.1 Å². The van der Waals surface area contributed by atoms with Crippen LogP contribution in [0.2, 0.25) is 0 Å². The predicted octanol–water partition coefficient (Wildman–Crippen LogP) is 3.10. The van der Waals surface area contributed by atoms with Crippen LogP contribution in [0.1, 0.15) is 38.2 Å². The molecule has 4 heteroatoms. The van der Waals surface area contributed by atoms with Crippen LogP contribution in [0.25, 0.3) is 0 Å². The molecule has 2 fully saturated rings. The molecule has 2 aliphatic carbocycles. The Morgan fingerprint density at radius 2 is 2.15 bits per heavy atom. The second kappa shape index (κ2) is 5.00. The van der Waals surface area contributed by atoms with Gasteiger partial charge in [-0.05, 0) is 41.9 Å². The number of carbonyl (C=O) groups is 1. The van der Waals surface area contributed by atoms with Crippen LogP contribution in [0, 0.1) is 23.1 Å². The number of nitrogens with one attached hydrogen (secondary N) is 1. The fourth-order valence-corrected chi connectivity index (χ4v) is 3.64. The van der Waals surface area contributed by atoms with Crippen molar-refractivity contribution in [2.45, 2.75) is 32.6 Å². The molecule has 1 amide bonds. The van der Waals surface area contributed by atoms with E-state index in [1.54, 1.807) is 18.3 Å². The van der Waals surface area contributed by atoms with Crippen LogP contribution in [-0.4, -0.2) is 12.1 Å². The average molecular weight is 274 g/mol. The molecule has 1 aromatic carbocycles. The van der Waals surface area contributed by atoms with Gasteiger partial charge in [0.25, 0.3) is 0 Å². The zero-order valence-electron chi connectivity index (χ0n) is 11.6. The molecule has 0 unspecified atom stereocenters. The highest BCUT2D eigenvalue weighted by molar-refractivity contribution is 5.85. The van der Waals surface area contributed by atoms with Crippen molar-refractivity contribution < 1.29 is 9.18 Å². The molecule has 0 bridgehead atoms. The van der Waals surface area contributed by atoms with Crippen LogP contribution in [0.3, 0.4) is 0 Å². The number of rotatable bonds is 3. The first-order valence-electron chi connectivity index (χ1n) is 7.20. The lowest BCUT2D eigenvalue weighted by Crippen LogP contribution is -2.22. The molecule has 0 radical (unpaired) electrons. The average Bonchev–Trinajstić information content (AvgIpc) is 3.06. The van der Waals surface area contributed by atoms with E-state index >= 15 is 0 Å². The number of fused-ring (bicyclic) bond motifs is 1. The first-order valence-corrected chi connectivity index (χ1v) is 7.20. The van der Waals surface area contributed by atoms with E-state index in [0.29, 0.717) is 5.92 Å². The van der Waals surface area contributed by atoms with Crippen molar-refractivity contribution in [2.75, 3.05) is 0 Å². The minimum atomic E-state index is -0.277. The van der Waals surface area contributed by atoms with E-state index in [2.05, 4.69) is 17.5 Å². The SMILES string of the molecule is C[C@]12CCCC[C@@H]1[C@@H]2C(=O)N/N=C/c1ccc(F)cc1. The van der Waals surface area contributed by atoms with E-state index < -0.39 is 0 Å². The van der Waals surface area contributed by atoms with Gasteiger partial charge in [-0.25, -0.2) is 9.82 Å². The second-order valence-corrected chi connectivity index (χ2v) is 6.12. The lowest BCUT2D eigenvalue weighted by atomic mass is 9.90. The summed E-state index contributed by atoms with van der Waals surface area (Å²) >= 11 is 0. The molecule has 1 N–H and O–H groups in total. The first-order chi connectivity index (χ1) is 9.61. The number of hydrogen-bond donors (Lipinski definition) is 1. The predicted molar refractivity (Wildman–Crippen MR) is 75.7 cm³/mol. The van der Waals surface area contributed by atoms with E-state index in [1.165, 1.54) is 25.0 Å². The Kier molecular flexibility index (Phi) is 3.32. The number of nitrogens with zero attached hydrogens (tertiary/aromatic N) is 1. The largest absolute Gasteiger partial charge is 0.273 e. The maximum absolute atomic E-state index is 12.7. The summed E-state index contributed by atoms with van der Waals surface area (Å²) in [5, 5.41) is 3.97. The zero-order chi connectivity index (χ0) is 14.2. The molecule has 3 atom stereocenters. The minimum Gasteiger partial charge on any atom is -0.273 e. The highest BCUT2D eigenvalue weighted by atomic mass is 19.1. The Bertz CT molecular complexity index is 540. The summed E-state index contributed by atoms with van der Waals surface area (Å²) in [5.74, 6) is 0.409. The van der Waals surface area contributed by atoms with Crippen molar-refractivity contribution in [1.82, 2.24) is 5.43 Å². The summed E-state index contributed by atoms with van der Waals surface area (Å²) < 4.78 is 12.7. The molecule has 0 heterocycles. The molecule has 0 spiro atoms. The monoisotopic (exact) mass is 274 g/mol. The first kappa shape index (κ1) is 13.3. The summed E-state index contributed by atoms with van der Waals surface area (Å²) in [7, 11) is 0. The quantitative estimate of drug-likeness (QED) is 0.668. The Balaban J connectivity index is 1.56. The molecule has 106 valence electrons. The topological polar surface area (TPSA) is 41.5 Å². The molecular formula is C16H19FN2O. The van der Waals surface area contributed by atoms with Crippen molar-refractivity contribution in [2.24, 2.45) is 22.4 Å². The molecular weight excluding hydrogens is 255 g/mol. The van der Waals surface area contributed by atoms with Crippen molar-refractivity contribution in [3.8, 4) is 0 Å². The fourth-order valence-electron chi connectivity index (χ4n) is 3.64. The molecule has 3 rings (SSSR count). The van der Waals surface area contributed by atoms with Gasteiger partial charge in [0.2, 0.25) is 5.91 Å². The fraction of sp³-hybridized carbons (Fsp3) is 0.500. The van der Waals surface area contributed by atoms with Crippen molar-refractivity contribution >= 4 is 12.1 Å². The lowest BCUT2D eigenvalue weighted by molar-refractivity contribution is -0.123. The number of hydrazone groups is 1. The Hall–Kier alpha value is -1.71. The van der Waals surface area contributed by atoms with Crippen molar-refractivity contribution in [3.05, 3.63) is 35.6 Å². The smallest absolute Gasteiger partial charge is 0.244 e. The molecule has 1 aromatic rings. The van der Waals surface area contributed by atoms with Crippen LogP contribution in [-0.2, 0) is 4.79 Å². The maximum Gasteiger partial charge on any atom is 0.244 e. The van der Waals surface area contributed by atoms with Crippen molar-refractivity contribution in [3.63, 3.8) is 0 Å². The Morgan fingerprint density at radius 3 is 2.80 bits per heavy atom. The Morgan fingerprint density at radius 1 is 1.40 bits per heavy atom. The van der Waals surface area contributed by atoms with E-state index in [4.69, 9.17) is 0 Å². The molecule has 0 aliphatic heterocycles. The van der Waals surface area contributed by atoms with E-state index in [0.717, 1.165) is 18.4 Å². The third-order valence-corrected chi connectivity index (χ3v) is 4.87. The highest BCUT2D eigenvalue weighted by Crippen LogP contribution is 2.66. The van der Waals surface area contributed by atoms with Crippen LogP contribution >= 0.6 is 0 Å². The third-order valence-electron chi connectivity index (χ3n) is 4.87. The number of hydrogen-bond acceptors (Lipinski definition) is 2. The molecule has 0 saturated heterocycles. The highest BCUT2D eigenvalue weighted by Gasteiger charge is 2.64. The van der Waals surface area contributed by atoms with E-state index in [9.17, 15) is 9.18 Å². The van der Waals surface area contributed by atoms with Gasteiger partial charge in [0.05, 0.1) is 6.21 Å².